The van der Waals surface area contributed by atoms with Gasteiger partial charge in [0.25, 0.3) is 0 Å². The number of nitrogens with zero attached hydrogens (tertiary/aromatic N) is 3. The smallest absolute Gasteiger partial charge is 0.627 e. The first-order valence-corrected chi connectivity index (χ1v) is 23.5. The van der Waals surface area contributed by atoms with Crippen LogP contribution in [0.4, 0.5) is 0 Å². The fourth-order valence-electron chi connectivity index (χ4n) is 2.77. The van der Waals surface area contributed by atoms with Gasteiger partial charge in [-0.3, -0.25) is 0 Å². The average Bonchev–Trinajstić information content (AvgIpc) is 2.92. The Morgan fingerprint density at radius 3 is 1.41 bits per heavy atom. The van der Waals surface area contributed by atoms with Crippen LogP contribution in [-0.4, -0.2) is 236 Å². The van der Waals surface area contributed by atoms with Crippen molar-refractivity contribution in [2.45, 2.75) is 69.6 Å². The van der Waals surface area contributed by atoms with Crippen LogP contribution >= 0.6 is 0 Å². The lowest BCUT2D eigenvalue weighted by Crippen LogP contribution is -2.56. The molecule has 49 heavy (non-hydrogen) atoms. The molecule has 26 nitrogen and oxygen atoms in total. The number of rotatable bonds is 22. The Kier molecular flexibility index (Phi) is 83.9. The van der Waals surface area contributed by atoms with E-state index in [4.69, 9.17) is 30.3 Å². The maximum atomic E-state index is 9.90. The molecule has 0 aliphatic carbocycles. The Morgan fingerprint density at radius 2 is 1.00 bits per heavy atom. The number of hydrogen-bond acceptors (Lipinski definition) is 18. The lowest BCUT2D eigenvalue weighted by Gasteiger charge is -2.48. The van der Waals surface area contributed by atoms with E-state index in [1.54, 1.807) is 12.9 Å². The van der Waals surface area contributed by atoms with Gasteiger partial charge in [-0.05, 0) is 52.7 Å². The zero-order valence-electron chi connectivity index (χ0n) is 28.4. The molecule has 0 aromatic carbocycles. The van der Waals surface area contributed by atoms with Crippen LogP contribution < -0.4 is 0 Å². The van der Waals surface area contributed by atoms with Gasteiger partial charge in [0.1, 0.15) is 10.7 Å². The van der Waals surface area contributed by atoms with Gasteiger partial charge in [0, 0.05) is 25.3 Å². The summed E-state index contributed by atoms with van der Waals surface area (Å²) in [7, 11) is 3.06. The molecule has 0 aromatic rings. The van der Waals surface area contributed by atoms with Crippen LogP contribution in [0.2, 0.25) is 11.6 Å². The molecule has 8 radical (unpaired) electrons. The minimum absolute atomic E-state index is 0. The zero-order valence-corrected chi connectivity index (χ0v) is 39.9. The Morgan fingerprint density at radius 1 is 0.612 bits per heavy atom. The summed E-state index contributed by atoms with van der Waals surface area (Å²) in [5.74, 6) is 3.64. The number of hydrogen-bond donors (Lipinski definition) is 1. The molecule has 0 atom stereocenters. The van der Waals surface area contributed by atoms with Crippen molar-refractivity contribution in [2.75, 3.05) is 14.2 Å². The van der Waals surface area contributed by atoms with E-state index in [0.717, 1.165) is 12.8 Å². The van der Waals surface area contributed by atoms with Gasteiger partial charge in [-0.25, -0.2) is 0 Å². The highest BCUT2D eigenvalue weighted by molar-refractivity contribution is 6.55. The van der Waals surface area contributed by atoms with Crippen molar-refractivity contribution in [3.05, 3.63) is 9.81 Å². The Labute approximate surface area is 349 Å². The molecular formula is C13H47Al10N3O23. The van der Waals surface area contributed by atoms with Crippen LogP contribution in [0.3, 0.4) is 0 Å². The fraction of sp³-hybridized carbons (Fsp3) is 1.00. The van der Waals surface area contributed by atoms with Crippen LogP contribution in [0.15, 0.2) is 10.7 Å². The lowest BCUT2D eigenvalue weighted by atomic mass is 9.82. The zero-order chi connectivity index (χ0) is 31.4. The standard InChI is InChI=1S/C9H19NO.2CH3O.2CH3.10Al.2HNO2.8H2O.8O/c1-8(2)6-5-7-9(3,4)10(8)11;2*1-2;;;;;;;;;;;;;2*2-1-3;;;;;;;;;;;;;;;;/h11H,5-7H2,1-4H3;2*1H3;2*1H3;;;;;;;;;;;2*(H,2,3);8*1H2;;;;;;;;/q;2*-1;;;;;;;;;4*+1;;;;;;;;;;;;;;;;;;/p-2. The van der Waals surface area contributed by atoms with Crippen LogP contribution in [0, 0.1) is 9.81 Å². The van der Waals surface area contributed by atoms with Gasteiger partial charge in [-0.2, -0.15) is 5.06 Å². The van der Waals surface area contributed by atoms with Crippen molar-refractivity contribution >= 4 is 157 Å². The Balaban J connectivity index is -0.0000000553. The van der Waals surface area contributed by atoms with E-state index >= 15 is 0 Å². The third-order valence-corrected chi connectivity index (χ3v) is 15.2. The van der Waals surface area contributed by atoms with E-state index in [1.807, 2.05) is 5.79 Å². The van der Waals surface area contributed by atoms with Crippen molar-refractivity contribution < 1.29 is 87.1 Å². The largest absolute Gasteiger partial charge is 0.965 e. The van der Waals surface area contributed by atoms with Crippen molar-refractivity contribution in [3.8, 4) is 0 Å². The minimum atomic E-state index is -2.62. The lowest BCUT2D eigenvalue weighted by molar-refractivity contribution is -0.241. The van der Waals surface area contributed by atoms with Crippen molar-refractivity contribution in [1.82, 2.24) is 5.06 Å². The van der Waals surface area contributed by atoms with Crippen LogP contribution in [-0.2, 0) is 38.1 Å². The summed E-state index contributed by atoms with van der Waals surface area (Å²) in [5.41, 5.74) is -0.0799. The summed E-state index contributed by atoms with van der Waals surface area (Å²) in [6, 6.07) is 0. The first-order chi connectivity index (χ1) is 19.5. The minimum Gasteiger partial charge on any atom is -0.627 e. The first-order valence-electron chi connectivity index (χ1n) is 11.8. The third kappa shape index (κ3) is 49.3. The molecule has 0 amide bonds. The second-order valence-corrected chi connectivity index (χ2v) is 22.1. The molecule has 1 aliphatic heterocycles. The van der Waals surface area contributed by atoms with E-state index in [2.05, 4.69) is 46.2 Å². The van der Waals surface area contributed by atoms with Crippen molar-refractivity contribution in [1.29, 1.82) is 0 Å². The van der Waals surface area contributed by atoms with Gasteiger partial charge in [-0.1, -0.05) is 5.79 Å². The second-order valence-electron chi connectivity index (χ2n) is 8.48. The molecule has 36 heteroatoms. The molecule has 0 saturated carbocycles. The van der Waals surface area contributed by atoms with Gasteiger partial charge in [0.15, 0.2) is 0 Å². The van der Waals surface area contributed by atoms with Crippen LogP contribution in [0.1, 0.15) is 47.0 Å². The van der Waals surface area contributed by atoms with E-state index in [-0.39, 0.29) is 102 Å². The maximum Gasteiger partial charge on any atom is 0.965 e. The van der Waals surface area contributed by atoms with E-state index < -0.39 is 109 Å². The summed E-state index contributed by atoms with van der Waals surface area (Å²) >= 11 is -8.52. The van der Waals surface area contributed by atoms with E-state index in [9.17, 15) is 15.0 Å². The molecule has 0 unspecified atom stereocenters. The van der Waals surface area contributed by atoms with Crippen LogP contribution in [0.25, 0.3) is 0 Å². The molecule has 0 aromatic heterocycles. The van der Waals surface area contributed by atoms with Gasteiger partial charge < -0.3 is 87.1 Å². The fourth-order valence-corrected chi connectivity index (χ4v) is 12.0. The summed E-state index contributed by atoms with van der Waals surface area (Å²) < 4.78 is 58.6. The average molecular weight is 883 g/mol. The number of piperidine rings is 1. The summed E-state index contributed by atoms with van der Waals surface area (Å²) in [4.78, 5) is 19.6. The molecule has 1 rings (SSSR count). The normalized spacial score (nSPS) is 12.3. The van der Waals surface area contributed by atoms with Gasteiger partial charge in [-0.15, -0.1) is 9.81 Å². The SMILES string of the molecule is CC1(C)CCCC(C)(C)N1O.C[O][Al][O][Al]([O]N=O)[O][Al][O][Al][O][Al]([CH3])[O]N=O.C[O][Al][O][Al][O][Al][O][Al][O][Al][CH3].O.O.O.O.O.O.O.O. The van der Waals surface area contributed by atoms with E-state index in [1.165, 1.54) is 18.6 Å². The molecule has 1 aliphatic rings. The van der Waals surface area contributed by atoms with Gasteiger partial charge in [0.2, 0.25) is 0 Å². The van der Waals surface area contributed by atoms with Crippen molar-refractivity contribution in [3.63, 3.8) is 0 Å². The molecule has 0 spiro atoms. The highest BCUT2D eigenvalue weighted by Gasteiger charge is 2.40. The predicted molar refractivity (Wildman–Crippen MR) is 180 cm³/mol. The molecule has 0 bridgehead atoms. The van der Waals surface area contributed by atoms with Crippen molar-refractivity contribution in [2.24, 2.45) is 10.7 Å². The van der Waals surface area contributed by atoms with Crippen LogP contribution in [0.5, 0.6) is 0 Å². The molecule has 282 valence electrons. The molecule has 1 saturated heterocycles. The topological polar surface area (TPSA) is 445 Å². The summed E-state index contributed by atoms with van der Waals surface area (Å²) in [6.45, 7) is 8.36. The highest BCUT2D eigenvalue weighted by Crippen LogP contribution is 2.36. The predicted octanol–water partition coefficient (Wildman–Crippen LogP) is -6.87. The summed E-state index contributed by atoms with van der Waals surface area (Å²) in [5, 5.41) is 15.8. The van der Waals surface area contributed by atoms with Gasteiger partial charge >= 0.3 is 157 Å². The maximum absolute atomic E-state index is 9.90. The molecule has 17 N–H and O–H groups in total. The monoisotopic (exact) mass is 883 g/mol. The highest BCUT2D eigenvalue weighted by atomic mass is 27.4. The quantitative estimate of drug-likeness (QED) is 0.0457. The van der Waals surface area contributed by atoms with E-state index in [0.29, 0.717) is 0 Å². The Hall–Kier alpha value is 3.32. The molecule has 1 fully saturated rings. The second kappa shape index (κ2) is 53.4. The molecular weight excluding hydrogens is 836 g/mol. The summed E-state index contributed by atoms with van der Waals surface area (Å²) in [6.07, 6.45) is 3.40. The first kappa shape index (κ1) is 76.9. The van der Waals surface area contributed by atoms with Gasteiger partial charge in [0.05, 0.1) is 0 Å². The Bertz CT molecular complexity index is 611. The molecule has 1 heterocycles. The number of hydroxylamine groups is 2. The third-order valence-electron chi connectivity index (χ3n) is 4.45.